The molecule has 0 aliphatic rings. The molecular formula is C15H22BrNO. The third-order valence-corrected chi connectivity index (χ3v) is 4.41. The molecule has 3 unspecified atom stereocenters. The summed E-state index contributed by atoms with van der Waals surface area (Å²) in [5.41, 5.74) is 1.09. The van der Waals surface area contributed by atoms with Crippen molar-refractivity contribution in [3.8, 4) is 0 Å². The van der Waals surface area contributed by atoms with Crippen molar-refractivity contribution in [1.82, 2.24) is 5.32 Å². The largest absolute Gasteiger partial charge is 0.353 e. The van der Waals surface area contributed by atoms with Crippen LogP contribution >= 0.6 is 15.9 Å². The lowest BCUT2D eigenvalue weighted by Crippen LogP contribution is -2.40. The molecule has 1 N–H and O–H groups in total. The maximum Gasteiger partial charge on any atom is 0.227 e. The SMILES string of the molecule is CCC(C(=O)NC(C)C(C)CBr)c1ccccc1. The first-order valence-corrected chi connectivity index (χ1v) is 7.63. The van der Waals surface area contributed by atoms with E-state index in [2.05, 4.69) is 42.0 Å². The molecule has 0 saturated heterocycles. The molecule has 0 aliphatic heterocycles. The first kappa shape index (κ1) is 15.2. The van der Waals surface area contributed by atoms with Crippen LogP contribution in [-0.2, 0) is 4.79 Å². The predicted octanol–water partition coefficient (Wildman–Crippen LogP) is 3.72. The average molecular weight is 312 g/mol. The van der Waals surface area contributed by atoms with E-state index < -0.39 is 0 Å². The van der Waals surface area contributed by atoms with Crippen LogP contribution in [0.5, 0.6) is 0 Å². The summed E-state index contributed by atoms with van der Waals surface area (Å²) in [4.78, 5) is 12.3. The monoisotopic (exact) mass is 311 g/mol. The van der Waals surface area contributed by atoms with Gasteiger partial charge in [-0.15, -0.1) is 0 Å². The van der Waals surface area contributed by atoms with E-state index in [9.17, 15) is 4.79 Å². The van der Waals surface area contributed by atoms with Crippen LogP contribution in [0, 0.1) is 5.92 Å². The summed E-state index contributed by atoms with van der Waals surface area (Å²) in [7, 11) is 0. The molecule has 0 aliphatic carbocycles. The molecule has 0 heterocycles. The van der Waals surface area contributed by atoms with Gasteiger partial charge in [-0.25, -0.2) is 0 Å². The molecule has 1 amide bonds. The Kier molecular flexibility index (Phi) is 6.41. The molecule has 2 nitrogen and oxygen atoms in total. The van der Waals surface area contributed by atoms with Crippen LogP contribution in [0.3, 0.4) is 0 Å². The second-order valence-electron chi connectivity index (χ2n) is 4.80. The van der Waals surface area contributed by atoms with Gasteiger partial charge >= 0.3 is 0 Å². The Morgan fingerprint density at radius 1 is 1.28 bits per heavy atom. The van der Waals surface area contributed by atoms with Gasteiger partial charge in [-0.3, -0.25) is 4.79 Å². The fourth-order valence-corrected chi connectivity index (χ4v) is 2.42. The molecular weight excluding hydrogens is 290 g/mol. The summed E-state index contributed by atoms with van der Waals surface area (Å²) < 4.78 is 0. The summed E-state index contributed by atoms with van der Waals surface area (Å²) in [5, 5.41) is 4.01. The highest BCUT2D eigenvalue weighted by molar-refractivity contribution is 9.09. The third-order valence-electron chi connectivity index (χ3n) is 3.39. The minimum absolute atomic E-state index is 0.0452. The van der Waals surface area contributed by atoms with Crippen LogP contribution in [0.15, 0.2) is 30.3 Å². The number of amides is 1. The van der Waals surface area contributed by atoms with Gasteiger partial charge in [0.2, 0.25) is 5.91 Å². The van der Waals surface area contributed by atoms with Crippen molar-refractivity contribution in [2.75, 3.05) is 5.33 Å². The Labute approximate surface area is 118 Å². The first-order valence-electron chi connectivity index (χ1n) is 6.51. The molecule has 0 saturated carbocycles. The molecule has 0 fully saturated rings. The molecule has 1 rings (SSSR count). The molecule has 3 atom stereocenters. The van der Waals surface area contributed by atoms with Crippen molar-refractivity contribution in [1.29, 1.82) is 0 Å². The van der Waals surface area contributed by atoms with E-state index in [-0.39, 0.29) is 17.9 Å². The van der Waals surface area contributed by atoms with Gasteiger partial charge in [0.15, 0.2) is 0 Å². The Balaban J connectivity index is 2.69. The lowest BCUT2D eigenvalue weighted by Gasteiger charge is -2.23. The summed E-state index contributed by atoms with van der Waals surface area (Å²) in [5.74, 6) is 0.516. The van der Waals surface area contributed by atoms with Gasteiger partial charge in [-0.05, 0) is 24.8 Å². The summed E-state index contributed by atoms with van der Waals surface area (Å²) >= 11 is 3.45. The minimum atomic E-state index is -0.0452. The molecule has 1 aromatic carbocycles. The predicted molar refractivity (Wildman–Crippen MR) is 80.0 cm³/mol. The molecule has 0 bridgehead atoms. The highest BCUT2D eigenvalue weighted by atomic mass is 79.9. The topological polar surface area (TPSA) is 29.1 Å². The van der Waals surface area contributed by atoms with Gasteiger partial charge < -0.3 is 5.32 Å². The van der Waals surface area contributed by atoms with Gasteiger partial charge in [0, 0.05) is 11.4 Å². The van der Waals surface area contributed by atoms with Gasteiger partial charge in [0.1, 0.15) is 0 Å². The number of benzene rings is 1. The number of alkyl halides is 1. The van der Waals surface area contributed by atoms with Gasteiger partial charge in [0.05, 0.1) is 5.92 Å². The van der Waals surface area contributed by atoms with Gasteiger partial charge in [-0.1, -0.05) is 60.1 Å². The van der Waals surface area contributed by atoms with E-state index in [1.54, 1.807) is 0 Å². The zero-order chi connectivity index (χ0) is 13.5. The van der Waals surface area contributed by atoms with E-state index in [1.807, 2.05) is 30.3 Å². The van der Waals surface area contributed by atoms with Crippen molar-refractivity contribution in [3.63, 3.8) is 0 Å². The highest BCUT2D eigenvalue weighted by Crippen LogP contribution is 2.20. The molecule has 1 aromatic rings. The van der Waals surface area contributed by atoms with Crippen LogP contribution in [0.2, 0.25) is 0 Å². The fraction of sp³-hybridized carbons (Fsp3) is 0.533. The first-order chi connectivity index (χ1) is 8.60. The van der Waals surface area contributed by atoms with Crippen LogP contribution < -0.4 is 5.32 Å². The lowest BCUT2D eigenvalue weighted by molar-refractivity contribution is -0.123. The molecule has 18 heavy (non-hydrogen) atoms. The number of hydrogen-bond donors (Lipinski definition) is 1. The number of halogens is 1. The zero-order valence-electron chi connectivity index (χ0n) is 11.3. The maximum absolute atomic E-state index is 12.3. The second-order valence-corrected chi connectivity index (χ2v) is 5.45. The zero-order valence-corrected chi connectivity index (χ0v) is 12.9. The van der Waals surface area contributed by atoms with Crippen molar-refractivity contribution >= 4 is 21.8 Å². The second kappa shape index (κ2) is 7.57. The van der Waals surface area contributed by atoms with E-state index in [0.717, 1.165) is 17.3 Å². The van der Waals surface area contributed by atoms with E-state index >= 15 is 0 Å². The maximum atomic E-state index is 12.3. The van der Waals surface area contributed by atoms with Crippen LogP contribution in [-0.4, -0.2) is 17.3 Å². The van der Waals surface area contributed by atoms with Gasteiger partial charge in [0.25, 0.3) is 0 Å². The molecule has 0 aromatic heterocycles. The Hall–Kier alpha value is -0.830. The lowest BCUT2D eigenvalue weighted by atomic mass is 9.94. The van der Waals surface area contributed by atoms with Crippen molar-refractivity contribution in [2.24, 2.45) is 5.92 Å². The fourth-order valence-electron chi connectivity index (χ4n) is 1.86. The number of rotatable bonds is 6. The van der Waals surface area contributed by atoms with E-state index in [4.69, 9.17) is 0 Å². The Bertz CT molecular complexity index is 366. The molecule has 100 valence electrons. The van der Waals surface area contributed by atoms with E-state index in [1.165, 1.54) is 0 Å². The standard InChI is InChI=1S/C15H22BrNO/c1-4-14(13-8-6-5-7-9-13)15(18)17-12(3)11(2)10-16/h5-9,11-12,14H,4,10H2,1-3H3,(H,17,18). The van der Waals surface area contributed by atoms with Crippen LogP contribution in [0.1, 0.15) is 38.7 Å². The quantitative estimate of drug-likeness (QED) is 0.797. The summed E-state index contributed by atoms with van der Waals surface area (Å²) in [6.45, 7) is 6.24. The average Bonchev–Trinajstić information content (AvgIpc) is 2.39. The number of nitrogens with one attached hydrogen (secondary N) is 1. The van der Waals surface area contributed by atoms with Crippen molar-refractivity contribution in [3.05, 3.63) is 35.9 Å². The number of carbonyl (C=O) groups excluding carboxylic acids is 1. The minimum Gasteiger partial charge on any atom is -0.353 e. The van der Waals surface area contributed by atoms with E-state index in [0.29, 0.717) is 5.92 Å². The molecule has 0 spiro atoms. The van der Waals surface area contributed by atoms with Crippen molar-refractivity contribution in [2.45, 2.75) is 39.2 Å². The van der Waals surface area contributed by atoms with Crippen LogP contribution in [0.4, 0.5) is 0 Å². The van der Waals surface area contributed by atoms with Crippen molar-refractivity contribution < 1.29 is 4.79 Å². The number of carbonyl (C=O) groups is 1. The van der Waals surface area contributed by atoms with Crippen LogP contribution in [0.25, 0.3) is 0 Å². The Morgan fingerprint density at radius 2 is 1.89 bits per heavy atom. The summed E-state index contributed by atoms with van der Waals surface area (Å²) in [6.07, 6.45) is 0.825. The normalized spacial score (nSPS) is 15.8. The summed E-state index contributed by atoms with van der Waals surface area (Å²) in [6, 6.07) is 10.2. The highest BCUT2D eigenvalue weighted by Gasteiger charge is 2.21. The third kappa shape index (κ3) is 4.13. The Morgan fingerprint density at radius 3 is 2.39 bits per heavy atom. The number of hydrogen-bond acceptors (Lipinski definition) is 1. The molecule has 0 radical (unpaired) electrons. The molecule has 3 heteroatoms. The van der Waals surface area contributed by atoms with Gasteiger partial charge in [-0.2, -0.15) is 0 Å². The smallest absolute Gasteiger partial charge is 0.227 e.